The number of hydrogen-bond donors (Lipinski definition) is 3. The van der Waals surface area contributed by atoms with E-state index in [9.17, 15) is 8.42 Å². The summed E-state index contributed by atoms with van der Waals surface area (Å²) in [7, 11) is -4.45. The summed E-state index contributed by atoms with van der Waals surface area (Å²) in [5.41, 5.74) is -2.07. The van der Waals surface area contributed by atoms with Crippen LogP contribution < -0.4 is 0 Å². The van der Waals surface area contributed by atoms with Gasteiger partial charge in [0.25, 0.3) is 10.1 Å². The number of aliphatic hydroxyl groups is 2. The third-order valence-electron chi connectivity index (χ3n) is 0.500. The van der Waals surface area contributed by atoms with Crippen LogP contribution in [0.5, 0.6) is 0 Å². The van der Waals surface area contributed by atoms with Crippen molar-refractivity contribution < 1.29 is 23.2 Å². The summed E-state index contributed by atoms with van der Waals surface area (Å²) in [5.74, 6) is 0. The smallest absolute Gasteiger partial charge is 0.294 e. The van der Waals surface area contributed by atoms with Crippen molar-refractivity contribution in [2.75, 3.05) is 6.61 Å². The molecule has 3 N–H and O–H groups in total. The van der Waals surface area contributed by atoms with Gasteiger partial charge < -0.3 is 10.2 Å². The van der Waals surface area contributed by atoms with Crippen molar-refractivity contribution in [3.05, 3.63) is 0 Å². The molecule has 5 nitrogen and oxygen atoms in total. The van der Waals surface area contributed by atoms with Gasteiger partial charge in [0, 0.05) is 18.9 Å². The van der Waals surface area contributed by atoms with E-state index in [1.807, 2.05) is 0 Å². The first-order chi connectivity index (χ1) is 3.48. The first kappa shape index (κ1) is 12.1. The SMILES string of the molecule is O=S(=O)(O)C(O)CO.[Li]. The molecule has 0 fully saturated rings. The molecule has 1 atom stereocenters. The predicted octanol–water partition coefficient (Wildman–Crippen LogP) is -2.20. The summed E-state index contributed by atoms with van der Waals surface area (Å²) in [6, 6.07) is 0. The molecule has 0 aromatic carbocycles. The molecular formula is C2H6LiO5S. The molecule has 0 bridgehead atoms. The molecule has 0 spiro atoms. The maximum atomic E-state index is 9.71. The van der Waals surface area contributed by atoms with Crippen molar-refractivity contribution in [1.82, 2.24) is 0 Å². The average Bonchev–Trinajstić information content (AvgIpc) is 1.62. The summed E-state index contributed by atoms with van der Waals surface area (Å²) in [5, 5.41) is 16.0. The summed E-state index contributed by atoms with van der Waals surface area (Å²) < 4.78 is 27.3. The molecule has 0 aliphatic heterocycles. The van der Waals surface area contributed by atoms with Crippen LogP contribution in [0.25, 0.3) is 0 Å². The third kappa shape index (κ3) is 4.90. The van der Waals surface area contributed by atoms with Gasteiger partial charge in [0.2, 0.25) is 5.44 Å². The van der Waals surface area contributed by atoms with Crippen LogP contribution in [0.15, 0.2) is 0 Å². The summed E-state index contributed by atoms with van der Waals surface area (Å²) in [4.78, 5) is 0. The van der Waals surface area contributed by atoms with Crippen molar-refractivity contribution >= 4 is 29.0 Å². The molecule has 9 heavy (non-hydrogen) atoms. The molecule has 0 aromatic rings. The zero-order chi connectivity index (χ0) is 6.78. The van der Waals surface area contributed by atoms with Gasteiger partial charge in [-0.3, -0.25) is 4.55 Å². The fourth-order valence-corrected chi connectivity index (χ4v) is 0.283. The maximum absolute atomic E-state index is 9.71. The normalized spacial score (nSPS) is 14.1. The topological polar surface area (TPSA) is 94.8 Å². The van der Waals surface area contributed by atoms with Gasteiger partial charge in [-0.1, -0.05) is 0 Å². The summed E-state index contributed by atoms with van der Waals surface area (Å²) >= 11 is 0. The van der Waals surface area contributed by atoms with Crippen LogP contribution in [-0.4, -0.2) is 54.1 Å². The fraction of sp³-hybridized carbons (Fsp3) is 1.00. The second-order valence-electron chi connectivity index (χ2n) is 1.15. The molecule has 0 aliphatic carbocycles. The summed E-state index contributed by atoms with van der Waals surface area (Å²) in [6.45, 7) is -0.987. The van der Waals surface area contributed by atoms with Gasteiger partial charge in [-0.25, -0.2) is 0 Å². The van der Waals surface area contributed by atoms with E-state index in [1.54, 1.807) is 0 Å². The Kier molecular flexibility index (Phi) is 5.77. The zero-order valence-corrected chi connectivity index (χ0v) is 5.67. The van der Waals surface area contributed by atoms with Gasteiger partial charge in [-0.05, 0) is 0 Å². The number of hydrogen-bond acceptors (Lipinski definition) is 4. The molecule has 0 saturated carbocycles. The predicted molar refractivity (Wildman–Crippen MR) is 30.4 cm³/mol. The molecular weight excluding hydrogens is 143 g/mol. The molecule has 0 aliphatic rings. The molecule has 0 aromatic heterocycles. The van der Waals surface area contributed by atoms with Crippen molar-refractivity contribution in [2.24, 2.45) is 0 Å². The maximum Gasteiger partial charge on any atom is 0.294 e. The van der Waals surface area contributed by atoms with Crippen LogP contribution in [0.1, 0.15) is 0 Å². The van der Waals surface area contributed by atoms with Crippen molar-refractivity contribution in [3.8, 4) is 0 Å². The Labute approximate surface area is 64.6 Å². The monoisotopic (exact) mass is 149 g/mol. The van der Waals surface area contributed by atoms with Crippen LogP contribution in [0, 0.1) is 0 Å². The Morgan fingerprint density at radius 1 is 1.44 bits per heavy atom. The van der Waals surface area contributed by atoms with E-state index in [4.69, 9.17) is 14.8 Å². The van der Waals surface area contributed by atoms with Gasteiger partial charge in [0.15, 0.2) is 0 Å². The Bertz CT molecular complexity index is 150. The summed E-state index contributed by atoms with van der Waals surface area (Å²) in [6.07, 6.45) is 0. The van der Waals surface area contributed by atoms with Gasteiger partial charge in [0.1, 0.15) is 0 Å². The van der Waals surface area contributed by atoms with Crippen LogP contribution in [0.4, 0.5) is 0 Å². The van der Waals surface area contributed by atoms with E-state index in [1.165, 1.54) is 0 Å². The van der Waals surface area contributed by atoms with Crippen molar-refractivity contribution in [2.45, 2.75) is 5.44 Å². The van der Waals surface area contributed by atoms with Gasteiger partial charge >= 0.3 is 0 Å². The fourth-order valence-electron chi connectivity index (χ4n) is 0.0942. The number of rotatable bonds is 2. The van der Waals surface area contributed by atoms with Crippen molar-refractivity contribution in [1.29, 1.82) is 0 Å². The molecule has 1 unspecified atom stereocenters. The molecule has 0 rings (SSSR count). The Balaban J connectivity index is 0. The van der Waals surface area contributed by atoms with E-state index >= 15 is 0 Å². The third-order valence-corrected chi connectivity index (χ3v) is 1.34. The minimum absolute atomic E-state index is 0. The molecule has 51 valence electrons. The Morgan fingerprint density at radius 2 is 1.78 bits per heavy atom. The van der Waals surface area contributed by atoms with E-state index in [-0.39, 0.29) is 18.9 Å². The first-order valence-corrected chi connectivity index (χ1v) is 3.24. The van der Waals surface area contributed by atoms with Crippen LogP contribution >= 0.6 is 0 Å². The van der Waals surface area contributed by atoms with Gasteiger partial charge in [-0.2, -0.15) is 8.42 Å². The molecule has 0 amide bonds. The van der Waals surface area contributed by atoms with E-state index in [2.05, 4.69) is 0 Å². The second-order valence-corrected chi connectivity index (χ2v) is 2.73. The van der Waals surface area contributed by atoms with Gasteiger partial charge in [-0.15, -0.1) is 0 Å². The molecule has 0 heterocycles. The first-order valence-electron chi connectivity index (χ1n) is 1.73. The Morgan fingerprint density at radius 3 is 1.78 bits per heavy atom. The average molecular weight is 149 g/mol. The Hall–Kier alpha value is 0.427. The van der Waals surface area contributed by atoms with Crippen LogP contribution in [0.3, 0.4) is 0 Å². The standard InChI is InChI=1S/C2H6O5S.Li/c3-1-2(4)8(5,6)7;/h2-4H,1H2,(H,5,6,7);. The molecule has 0 saturated heterocycles. The molecule has 1 radical (unpaired) electrons. The minimum Gasteiger partial charge on any atom is -0.392 e. The molecule has 7 heteroatoms. The van der Waals surface area contributed by atoms with E-state index in [0.717, 1.165) is 0 Å². The van der Waals surface area contributed by atoms with Crippen LogP contribution in [-0.2, 0) is 10.1 Å². The number of aliphatic hydroxyl groups excluding tert-OH is 2. The quantitative estimate of drug-likeness (QED) is 0.306. The zero-order valence-electron chi connectivity index (χ0n) is 4.85. The van der Waals surface area contributed by atoms with Gasteiger partial charge in [0.05, 0.1) is 6.61 Å². The van der Waals surface area contributed by atoms with Crippen molar-refractivity contribution in [3.63, 3.8) is 0 Å². The van der Waals surface area contributed by atoms with E-state index < -0.39 is 22.2 Å². The second kappa shape index (κ2) is 4.28. The largest absolute Gasteiger partial charge is 0.392 e. The van der Waals surface area contributed by atoms with Crippen LogP contribution in [0.2, 0.25) is 0 Å². The van der Waals surface area contributed by atoms with E-state index in [0.29, 0.717) is 0 Å². The minimum atomic E-state index is -4.45.